The Labute approximate surface area is 118 Å². The number of nitrogens with one attached hydrogen (secondary N) is 1. The van der Waals surface area contributed by atoms with Crippen LogP contribution in [-0.2, 0) is 12.8 Å². The van der Waals surface area contributed by atoms with Crippen molar-refractivity contribution in [3.8, 4) is 5.75 Å². The Morgan fingerprint density at radius 1 is 1.45 bits per heavy atom. The Bertz CT molecular complexity index is 605. The molecule has 0 spiro atoms. The summed E-state index contributed by atoms with van der Waals surface area (Å²) in [7, 11) is 0. The number of ether oxygens (including phenoxy) is 1. The Morgan fingerprint density at radius 3 is 3.10 bits per heavy atom. The average Bonchev–Trinajstić information content (AvgIpc) is 2.95. The molecule has 4 nitrogen and oxygen atoms in total. The van der Waals surface area contributed by atoms with Gasteiger partial charge in [-0.2, -0.15) is 0 Å². The predicted octanol–water partition coefficient (Wildman–Crippen LogP) is 2.80. The number of imidazole rings is 1. The molecule has 0 amide bonds. The van der Waals surface area contributed by atoms with Crippen LogP contribution in [0.5, 0.6) is 5.75 Å². The standard InChI is InChI=1S/C16H18N2O2/c1-2-20-14-5-6-15-11(8-14)3-4-12(16(15)19)7-13-9-17-10-18-13/h5-6,8-10,12H,2-4,7H2,1H3,(H,17,18). The van der Waals surface area contributed by atoms with E-state index in [9.17, 15) is 4.79 Å². The van der Waals surface area contributed by atoms with Gasteiger partial charge in [0.1, 0.15) is 5.75 Å². The predicted molar refractivity (Wildman–Crippen MR) is 76.0 cm³/mol. The highest BCUT2D eigenvalue weighted by Crippen LogP contribution is 2.30. The molecule has 1 aromatic heterocycles. The second kappa shape index (κ2) is 5.49. The number of H-pyrrole nitrogens is 1. The van der Waals surface area contributed by atoms with Crippen LogP contribution in [0.15, 0.2) is 30.7 Å². The van der Waals surface area contributed by atoms with Crippen LogP contribution in [0.25, 0.3) is 0 Å². The SMILES string of the molecule is CCOc1ccc2c(c1)CCC(Cc1c[nH]cn1)C2=O. The normalized spacial score (nSPS) is 17.9. The minimum absolute atomic E-state index is 0.0451. The summed E-state index contributed by atoms with van der Waals surface area (Å²) in [5, 5.41) is 0. The molecule has 1 aliphatic rings. The van der Waals surface area contributed by atoms with Gasteiger partial charge in [-0.05, 0) is 43.5 Å². The van der Waals surface area contributed by atoms with E-state index in [1.165, 1.54) is 0 Å². The van der Waals surface area contributed by atoms with Gasteiger partial charge in [-0.25, -0.2) is 4.98 Å². The van der Waals surface area contributed by atoms with Gasteiger partial charge in [0.05, 0.1) is 18.6 Å². The molecule has 1 heterocycles. The van der Waals surface area contributed by atoms with Crippen molar-refractivity contribution < 1.29 is 9.53 Å². The summed E-state index contributed by atoms with van der Waals surface area (Å²) in [5.74, 6) is 1.13. The van der Waals surface area contributed by atoms with Gasteiger partial charge in [-0.3, -0.25) is 4.79 Å². The summed E-state index contributed by atoms with van der Waals surface area (Å²) in [4.78, 5) is 19.7. The number of fused-ring (bicyclic) bond motifs is 1. The van der Waals surface area contributed by atoms with Crippen LogP contribution in [-0.4, -0.2) is 22.4 Å². The van der Waals surface area contributed by atoms with Crippen LogP contribution in [0.2, 0.25) is 0 Å². The second-order valence-corrected chi connectivity index (χ2v) is 5.12. The lowest BCUT2D eigenvalue weighted by Crippen LogP contribution is -2.24. The third kappa shape index (κ3) is 2.46. The average molecular weight is 270 g/mol. The van der Waals surface area contributed by atoms with Gasteiger partial charge < -0.3 is 9.72 Å². The maximum absolute atomic E-state index is 12.5. The highest BCUT2D eigenvalue weighted by molar-refractivity contribution is 6.00. The van der Waals surface area contributed by atoms with E-state index in [1.54, 1.807) is 6.33 Å². The first-order chi connectivity index (χ1) is 9.78. The summed E-state index contributed by atoms with van der Waals surface area (Å²) < 4.78 is 5.49. The Morgan fingerprint density at radius 2 is 2.35 bits per heavy atom. The van der Waals surface area contributed by atoms with Crippen LogP contribution < -0.4 is 4.74 Å². The molecule has 20 heavy (non-hydrogen) atoms. The third-order valence-electron chi connectivity index (χ3n) is 3.80. The van der Waals surface area contributed by atoms with Gasteiger partial charge >= 0.3 is 0 Å². The zero-order chi connectivity index (χ0) is 13.9. The van der Waals surface area contributed by atoms with E-state index in [1.807, 2.05) is 31.3 Å². The fourth-order valence-electron chi connectivity index (χ4n) is 2.80. The van der Waals surface area contributed by atoms with Gasteiger partial charge in [0, 0.05) is 24.1 Å². The smallest absolute Gasteiger partial charge is 0.166 e. The number of carbonyl (C=O) groups is 1. The molecule has 1 N–H and O–H groups in total. The van der Waals surface area contributed by atoms with Crippen molar-refractivity contribution in [1.29, 1.82) is 0 Å². The van der Waals surface area contributed by atoms with Crippen molar-refractivity contribution in [2.45, 2.75) is 26.2 Å². The molecule has 0 bridgehead atoms. The molecule has 0 saturated carbocycles. The zero-order valence-corrected chi connectivity index (χ0v) is 11.6. The van der Waals surface area contributed by atoms with Crippen LogP contribution in [0, 0.1) is 5.92 Å². The van der Waals surface area contributed by atoms with Crippen molar-refractivity contribution in [3.05, 3.63) is 47.5 Å². The molecule has 1 unspecified atom stereocenters. The van der Waals surface area contributed by atoms with E-state index >= 15 is 0 Å². The fourth-order valence-corrected chi connectivity index (χ4v) is 2.80. The number of nitrogens with zero attached hydrogens (tertiary/aromatic N) is 1. The number of ketones is 1. The fraction of sp³-hybridized carbons (Fsp3) is 0.375. The van der Waals surface area contributed by atoms with Crippen LogP contribution in [0.3, 0.4) is 0 Å². The maximum Gasteiger partial charge on any atom is 0.166 e. The highest BCUT2D eigenvalue weighted by atomic mass is 16.5. The van der Waals surface area contributed by atoms with Crippen molar-refractivity contribution in [2.24, 2.45) is 5.92 Å². The van der Waals surface area contributed by atoms with Crippen molar-refractivity contribution in [1.82, 2.24) is 9.97 Å². The molecular weight excluding hydrogens is 252 g/mol. The Hall–Kier alpha value is -2.10. The van der Waals surface area contributed by atoms with Gasteiger partial charge in [0.15, 0.2) is 5.78 Å². The van der Waals surface area contributed by atoms with E-state index in [-0.39, 0.29) is 11.7 Å². The minimum atomic E-state index is 0.0451. The third-order valence-corrected chi connectivity index (χ3v) is 3.80. The molecule has 2 aromatic rings. The molecule has 0 saturated heterocycles. The van der Waals surface area contributed by atoms with Crippen molar-refractivity contribution in [3.63, 3.8) is 0 Å². The lowest BCUT2D eigenvalue weighted by Gasteiger charge is -2.23. The number of aromatic amines is 1. The molecule has 4 heteroatoms. The van der Waals surface area contributed by atoms with Crippen molar-refractivity contribution >= 4 is 5.78 Å². The first kappa shape index (κ1) is 12.9. The first-order valence-electron chi connectivity index (χ1n) is 7.05. The molecule has 104 valence electrons. The number of Topliss-reactive ketones (excluding diaryl/α,β-unsaturated/α-hetero) is 1. The van der Waals surface area contributed by atoms with Crippen LogP contribution >= 0.6 is 0 Å². The maximum atomic E-state index is 12.5. The number of aryl methyl sites for hydroxylation is 1. The minimum Gasteiger partial charge on any atom is -0.494 e. The Kier molecular flexibility index (Phi) is 3.54. The number of hydrogen-bond donors (Lipinski definition) is 1. The molecule has 0 fully saturated rings. The zero-order valence-electron chi connectivity index (χ0n) is 11.6. The second-order valence-electron chi connectivity index (χ2n) is 5.12. The van der Waals surface area contributed by atoms with Crippen LogP contribution in [0.4, 0.5) is 0 Å². The number of aromatic nitrogens is 2. The van der Waals surface area contributed by atoms with Gasteiger partial charge in [-0.15, -0.1) is 0 Å². The Balaban J connectivity index is 1.80. The van der Waals surface area contributed by atoms with Gasteiger partial charge in [0.25, 0.3) is 0 Å². The summed E-state index contributed by atoms with van der Waals surface area (Å²) >= 11 is 0. The lowest BCUT2D eigenvalue weighted by molar-refractivity contribution is 0.0900. The van der Waals surface area contributed by atoms with E-state index in [4.69, 9.17) is 4.74 Å². The number of rotatable bonds is 4. The number of hydrogen-bond acceptors (Lipinski definition) is 3. The summed E-state index contributed by atoms with van der Waals surface area (Å²) in [6, 6.07) is 5.79. The van der Waals surface area contributed by atoms with Crippen molar-refractivity contribution in [2.75, 3.05) is 6.61 Å². The summed E-state index contributed by atoms with van der Waals surface area (Å²) in [5.41, 5.74) is 2.91. The lowest BCUT2D eigenvalue weighted by atomic mass is 9.80. The van der Waals surface area contributed by atoms with Gasteiger partial charge in [0.2, 0.25) is 0 Å². The molecule has 0 radical (unpaired) electrons. The van der Waals surface area contributed by atoms with E-state index in [0.29, 0.717) is 6.61 Å². The largest absolute Gasteiger partial charge is 0.494 e. The van der Waals surface area contributed by atoms with Crippen LogP contribution in [0.1, 0.15) is 35.0 Å². The molecular formula is C16H18N2O2. The number of carbonyl (C=O) groups excluding carboxylic acids is 1. The topological polar surface area (TPSA) is 55.0 Å². The highest BCUT2D eigenvalue weighted by Gasteiger charge is 2.28. The molecule has 0 aliphatic heterocycles. The van der Waals surface area contributed by atoms with E-state index < -0.39 is 0 Å². The molecule has 1 atom stereocenters. The molecule has 1 aliphatic carbocycles. The number of benzene rings is 1. The molecule has 1 aromatic carbocycles. The summed E-state index contributed by atoms with van der Waals surface area (Å²) in [6.07, 6.45) is 6.05. The first-order valence-corrected chi connectivity index (χ1v) is 7.05. The van der Waals surface area contributed by atoms with E-state index in [0.717, 1.165) is 41.8 Å². The van der Waals surface area contributed by atoms with E-state index in [2.05, 4.69) is 9.97 Å². The summed E-state index contributed by atoms with van der Waals surface area (Å²) in [6.45, 7) is 2.61. The monoisotopic (exact) mass is 270 g/mol. The quantitative estimate of drug-likeness (QED) is 0.929. The van der Waals surface area contributed by atoms with Gasteiger partial charge in [-0.1, -0.05) is 0 Å². The molecule has 3 rings (SSSR count).